The minimum Gasteiger partial charge on any atom is -0.485 e. The molecule has 2 aromatic rings. The summed E-state index contributed by atoms with van der Waals surface area (Å²) in [6, 6.07) is 6.89. The molecule has 0 radical (unpaired) electrons. The van der Waals surface area contributed by atoms with Crippen molar-refractivity contribution in [2.45, 2.75) is 45.9 Å². The van der Waals surface area contributed by atoms with Gasteiger partial charge >= 0.3 is 0 Å². The largest absolute Gasteiger partial charge is 0.485 e. The lowest BCUT2D eigenvalue weighted by atomic mass is 10.2. The lowest BCUT2D eigenvalue weighted by Gasteiger charge is -2.13. The number of hydrogen-bond donors (Lipinski definition) is 1. The third kappa shape index (κ3) is 3.84. The van der Waals surface area contributed by atoms with Crippen molar-refractivity contribution in [1.29, 1.82) is 0 Å². The quantitative estimate of drug-likeness (QED) is 0.824. The summed E-state index contributed by atoms with van der Waals surface area (Å²) < 4.78 is 7.04. The number of benzene rings is 1. The Labute approximate surface area is 137 Å². The Morgan fingerprint density at radius 3 is 2.86 bits per heavy atom. The lowest BCUT2D eigenvalue weighted by molar-refractivity contribution is 0.299. The molecule has 0 bridgehead atoms. The van der Waals surface area contributed by atoms with Crippen LogP contribution in [0.2, 0.25) is 0 Å². The first-order valence-electron chi connectivity index (χ1n) is 7.20. The van der Waals surface area contributed by atoms with Crippen LogP contribution < -0.4 is 10.1 Å². The first-order valence-corrected chi connectivity index (χ1v) is 8.81. The van der Waals surface area contributed by atoms with Gasteiger partial charge in [-0.3, -0.25) is 0 Å². The molecule has 0 aliphatic heterocycles. The van der Waals surface area contributed by atoms with Gasteiger partial charge in [0.2, 0.25) is 0 Å². The molecule has 5 heteroatoms. The number of aromatic nitrogens is 1. The number of nitrogens with one attached hydrogen (secondary N) is 1. The third-order valence-electron chi connectivity index (χ3n) is 3.62. The Morgan fingerprint density at radius 1 is 1.38 bits per heavy atom. The van der Waals surface area contributed by atoms with Gasteiger partial charge in [0.25, 0.3) is 0 Å². The van der Waals surface area contributed by atoms with Gasteiger partial charge < -0.3 is 10.1 Å². The van der Waals surface area contributed by atoms with Crippen molar-refractivity contribution in [3.63, 3.8) is 0 Å². The second-order valence-corrected chi connectivity index (χ2v) is 7.56. The van der Waals surface area contributed by atoms with Crippen molar-refractivity contribution >= 4 is 27.3 Å². The van der Waals surface area contributed by atoms with Gasteiger partial charge in [0, 0.05) is 23.0 Å². The van der Waals surface area contributed by atoms with Crippen molar-refractivity contribution < 1.29 is 4.74 Å². The van der Waals surface area contributed by atoms with Gasteiger partial charge in [0.15, 0.2) is 0 Å². The Bertz CT molecular complexity index is 618. The van der Waals surface area contributed by atoms with Crippen molar-refractivity contribution in [3.05, 3.63) is 43.8 Å². The van der Waals surface area contributed by atoms with Crippen LogP contribution in [-0.4, -0.2) is 11.0 Å². The Hall–Kier alpha value is -0.910. The van der Waals surface area contributed by atoms with Gasteiger partial charge in [-0.2, -0.15) is 0 Å². The summed E-state index contributed by atoms with van der Waals surface area (Å²) in [5.74, 6) is 0.927. The molecule has 1 saturated carbocycles. The van der Waals surface area contributed by atoms with Crippen LogP contribution in [-0.2, 0) is 13.2 Å². The van der Waals surface area contributed by atoms with Crippen LogP contribution in [0.4, 0.5) is 0 Å². The number of halogens is 1. The van der Waals surface area contributed by atoms with Gasteiger partial charge in [-0.1, -0.05) is 12.1 Å². The fraction of sp³-hybridized carbons (Fsp3) is 0.438. The average Bonchev–Trinajstić information content (AvgIpc) is 3.22. The SMILES string of the molecule is Cc1nc(COc2c(Br)cccc2CNC2CC2)sc1C. The highest BCUT2D eigenvalue weighted by molar-refractivity contribution is 9.10. The normalized spacial score (nSPS) is 14.4. The van der Waals surface area contributed by atoms with Crippen LogP contribution in [0.1, 0.15) is 34.0 Å². The summed E-state index contributed by atoms with van der Waals surface area (Å²) in [5, 5.41) is 4.57. The van der Waals surface area contributed by atoms with E-state index in [1.54, 1.807) is 11.3 Å². The zero-order valence-electron chi connectivity index (χ0n) is 12.3. The molecule has 0 atom stereocenters. The summed E-state index contributed by atoms with van der Waals surface area (Å²) >= 11 is 5.30. The van der Waals surface area contributed by atoms with E-state index in [2.05, 4.69) is 45.3 Å². The van der Waals surface area contributed by atoms with E-state index in [0.29, 0.717) is 12.6 Å². The second kappa shape index (κ2) is 6.46. The van der Waals surface area contributed by atoms with Crippen LogP contribution in [0.3, 0.4) is 0 Å². The maximum absolute atomic E-state index is 6.04. The van der Waals surface area contributed by atoms with E-state index in [9.17, 15) is 0 Å². The van der Waals surface area contributed by atoms with E-state index in [1.807, 2.05) is 13.0 Å². The molecule has 1 fully saturated rings. The number of nitrogens with zero attached hydrogens (tertiary/aromatic N) is 1. The third-order valence-corrected chi connectivity index (χ3v) is 5.29. The molecule has 1 N–H and O–H groups in total. The first-order chi connectivity index (χ1) is 10.1. The van der Waals surface area contributed by atoms with Crippen molar-refractivity contribution in [3.8, 4) is 5.75 Å². The predicted octanol–water partition coefficient (Wildman–Crippen LogP) is 4.35. The standard InChI is InChI=1S/C16H19BrN2OS/c1-10-11(2)21-15(19-10)9-20-16-12(4-3-5-14(16)17)8-18-13-6-7-13/h3-5,13,18H,6-9H2,1-2H3. The summed E-state index contributed by atoms with van der Waals surface area (Å²) in [5.41, 5.74) is 2.29. The molecule has 0 spiro atoms. The topological polar surface area (TPSA) is 34.1 Å². The van der Waals surface area contributed by atoms with Crippen LogP contribution in [0, 0.1) is 13.8 Å². The summed E-state index contributed by atoms with van der Waals surface area (Å²) in [6.45, 7) is 5.52. The zero-order chi connectivity index (χ0) is 14.8. The molecule has 1 aromatic heterocycles. The number of thiazole rings is 1. The number of rotatable bonds is 6. The van der Waals surface area contributed by atoms with E-state index in [-0.39, 0.29) is 0 Å². The molecule has 3 rings (SSSR count). The highest BCUT2D eigenvalue weighted by Crippen LogP contribution is 2.31. The highest BCUT2D eigenvalue weighted by atomic mass is 79.9. The molecule has 0 unspecified atom stereocenters. The van der Waals surface area contributed by atoms with Gasteiger partial charge in [0.1, 0.15) is 17.4 Å². The maximum atomic E-state index is 6.04. The molecule has 3 nitrogen and oxygen atoms in total. The molecule has 1 heterocycles. The Balaban J connectivity index is 1.70. The molecule has 1 aromatic carbocycles. The molecule has 0 amide bonds. The average molecular weight is 367 g/mol. The van der Waals surface area contributed by atoms with E-state index in [0.717, 1.165) is 27.5 Å². The molecular formula is C16H19BrN2OS. The number of aryl methyl sites for hydroxylation is 2. The fourth-order valence-electron chi connectivity index (χ4n) is 2.13. The Morgan fingerprint density at radius 2 is 2.19 bits per heavy atom. The smallest absolute Gasteiger partial charge is 0.140 e. The number of hydrogen-bond acceptors (Lipinski definition) is 4. The van der Waals surface area contributed by atoms with E-state index in [4.69, 9.17) is 4.74 Å². The van der Waals surface area contributed by atoms with Crippen LogP contribution in [0.25, 0.3) is 0 Å². The molecule has 112 valence electrons. The van der Waals surface area contributed by atoms with Gasteiger partial charge in [-0.15, -0.1) is 11.3 Å². The summed E-state index contributed by atoms with van der Waals surface area (Å²) in [6.07, 6.45) is 2.59. The van der Waals surface area contributed by atoms with E-state index >= 15 is 0 Å². The minimum atomic E-state index is 0.526. The molecule has 0 saturated heterocycles. The predicted molar refractivity (Wildman–Crippen MR) is 89.9 cm³/mol. The van der Waals surface area contributed by atoms with Crippen molar-refractivity contribution in [2.75, 3.05) is 0 Å². The fourth-order valence-corrected chi connectivity index (χ4v) is 3.50. The molecule has 1 aliphatic rings. The lowest BCUT2D eigenvalue weighted by Crippen LogP contribution is -2.16. The van der Waals surface area contributed by atoms with Crippen LogP contribution >= 0.6 is 27.3 Å². The minimum absolute atomic E-state index is 0.526. The van der Waals surface area contributed by atoms with E-state index in [1.165, 1.54) is 23.3 Å². The van der Waals surface area contributed by atoms with Gasteiger partial charge in [-0.25, -0.2) is 4.98 Å². The molecular weight excluding hydrogens is 348 g/mol. The number of para-hydroxylation sites is 1. The summed E-state index contributed by atoms with van der Waals surface area (Å²) in [7, 11) is 0. The van der Waals surface area contributed by atoms with E-state index < -0.39 is 0 Å². The van der Waals surface area contributed by atoms with Gasteiger partial charge in [-0.05, 0) is 48.7 Å². The number of ether oxygens (including phenoxy) is 1. The monoisotopic (exact) mass is 366 g/mol. The zero-order valence-corrected chi connectivity index (χ0v) is 14.7. The maximum Gasteiger partial charge on any atom is 0.140 e. The first kappa shape index (κ1) is 15.0. The Kier molecular flexibility index (Phi) is 4.62. The molecule has 21 heavy (non-hydrogen) atoms. The second-order valence-electron chi connectivity index (χ2n) is 5.42. The van der Waals surface area contributed by atoms with Gasteiger partial charge in [0.05, 0.1) is 10.2 Å². The highest BCUT2D eigenvalue weighted by Gasteiger charge is 2.21. The van der Waals surface area contributed by atoms with Crippen LogP contribution in [0.15, 0.2) is 22.7 Å². The summed E-state index contributed by atoms with van der Waals surface area (Å²) in [4.78, 5) is 5.79. The van der Waals surface area contributed by atoms with Crippen LogP contribution in [0.5, 0.6) is 5.75 Å². The van der Waals surface area contributed by atoms with Crippen molar-refractivity contribution in [2.24, 2.45) is 0 Å². The van der Waals surface area contributed by atoms with Crippen molar-refractivity contribution in [1.82, 2.24) is 10.3 Å². The molecule has 1 aliphatic carbocycles.